The van der Waals surface area contributed by atoms with E-state index in [0.29, 0.717) is 24.7 Å². The number of methoxy groups -OCH3 is 3. The summed E-state index contributed by atoms with van der Waals surface area (Å²) in [6, 6.07) is 0. The molecule has 8 fully saturated rings. The molecule has 25 heteroatoms. The predicted molar refractivity (Wildman–Crippen MR) is 276 cm³/mol. The van der Waals surface area contributed by atoms with Crippen molar-refractivity contribution in [3.05, 3.63) is 11.6 Å². The van der Waals surface area contributed by atoms with Crippen molar-refractivity contribution in [2.45, 2.75) is 266 Å². The topological polar surface area (TPSA) is 349 Å². The second kappa shape index (κ2) is 25.9. The van der Waals surface area contributed by atoms with Gasteiger partial charge in [0.1, 0.15) is 85.5 Å². The number of ether oxygens (including phenoxy) is 14. The summed E-state index contributed by atoms with van der Waals surface area (Å²) in [5.74, 6) is -0.0959. The van der Waals surface area contributed by atoms with Crippen LogP contribution in [0.15, 0.2) is 11.6 Å². The largest absolute Gasteiger partial charge is 0.454 e. The lowest BCUT2D eigenvalue weighted by Gasteiger charge is -2.58. The smallest absolute Gasteiger partial charge is 0.303 e. The molecule has 0 aromatic carbocycles. The Labute approximate surface area is 473 Å². The maximum Gasteiger partial charge on any atom is 0.303 e. The van der Waals surface area contributed by atoms with Crippen molar-refractivity contribution in [2.24, 2.45) is 34.5 Å². The molecule has 466 valence electrons. The monoisotopic (exact) mass is 1160 g/mol. The molecule has 4 aliphatic carbocycles. The van der Waals surface area contributed by atoms with Gasteiger partial charge in [-0.05, 0) is 101 Å². The molecule has 0 spiro atoms. The third-order valence-corrected chi connectivity index (χ3v) is 20.2. The molecule has 5 heterocycles. The van der Waals surface area contributed by atoms with Gasteiger partial charge in [0.15, 0.2) is 37.6 Å². The van der Waals surface area contributed by atoms with Crippen molar-refractivity contribution < 1.29 is 122 Å². The first-order valence-corrected chi connectivity index (χ1v) is 29.1. The van der Waals surface area contributed by atoms with Crippen molar-refractivity contribution >= 4 is 5.97 Å². The minimum Gasteiger partial charge on any atom is -0.454 e. The Morgan fingerprint density at radius 3 is 1.90 bits per heavy atom. The first-order valence-electron chi connectivity index (χ1n) is 29.1. The van der Waals surface area contributed by atoms with Crippen LogP contribution >= 0.6 is 0 Å². The molecule has 0 unspecified atom stereocenters. The maximum absolute atomic E-state index is 12.2. The second-order valence-corrected chi connectivity index (χ2v) is 24.9. The fourth-order valence-corrected chi connectivity index (χ4v) is 15.7. The highest BCUT2D eigenvalue weighted by atomic mass is 16.8. The van der Waals surface area contributed by atoms with Crippen molar-refractivity contribution in [3.8, 4) is 0 Å². The van der Waals surface area contributed by atoms with Crippen molar-refractivity contribution in [1.82, 2.24) is 0 Å². The van der Waals surface area contributed by atoms with Crippen molar-refractivity contribution in [3.63, 3.8) is 0 Å². The lowest BCUT2D eigenvalue weighted by molar-refractivity contribution is -0.376. The van der Waals surface area contributed by atoms with Gasteiger partial charge in [-0.15, -0.1) is 0 Å². The molecule has 0 radical (unpaired) electrons. The third-order valence-electron chi connectivity index (χ3n) is 20.2. The van der Waals surface area contributed by atoms with E-state index < -0.39 is 179 Å². The van der Waals surface area contributed by atoms with Gasteiger partial charge in [-0.3, -0.25) is 4.79 Å². The Morgan fingerprint density at radius 2 is 1.26 bits per heavy atom. The number of rotatable bonds is 17. The van der Waals surface area contributed by atoms with Crippen LogP contribution in [0.3, 0.4) is 0 Å². The summed E-state index contributed by atoms with van der Waals surface area (Å²) in [6.07, 6.45) is -22.1. The van der Waals surface area contributed by atoms with Crippen LogP contribution in [0.4, 0.5) is 0 Å². The van der Waals surface area contributed by atoms with Gasteiger partial charge in [-0.25, -0.2) is 0 Å². The van der Waals surface area contributed by atoms with Crippen LogP contribution in [0.5, 0.6) is 0 Å². The van der Waals surface area contributed by atoms with Crippen LogP contribution in [0.2, 0.25) is 0 Å². The van der Waals surface area contributed by atoms with E-state index in [1.54, 1.807) is 21.0 Å². The number of aliphatic hydroxyl groups excluding tert-OH is 10. The van der Waals surface area contributed by atoms with Crippen LogP contribution in [0.25, 0.3) is 0 Å². The molecule has 81 heavy (non-hydrogen) atoms. The number of esters is 1. The summed E-state index contributed by atoms with van der Waals surface area (Å²) in [5, 5.41) is 108. The number of fused-ring (bicyclic) bond motifs is 5. The average molecular weight is 1170 g/mol. The van der Waals surface area contributed by atoms with Crippen LogP contribution in [-0.4, -0.2) is 257 Å². The van der Waals surface area contributed by atoms with Crippen LogP contribution in [0, 0.1) is 34.5 Å². The van der Waals surface area contributed by atoms with Gasteiger partial charge in [-0.2, -0.15) is 0 Å². The number of aliphatic hydroxyl groups is 10. The van der Waals surface area contributed by atoms with Gasteiger partial charge in [0.25, 0.3) is 0 Å². The molecule has 0 bridgehead atoms. The van der Waals surface area contributed by atoms with E-state index >= 15 is 0 Å². The molecule has 9 aliphatic rings. The molecule has 0 amide bonds. The van der Waals surface area contributed by atoms with Crippen LogP contribution in [0.1, 0.15) is 99.8 Å². The summed E-state index contributed by atoms with van der Waals surface area (Å²) in [4.78, 5) is 12.1. The number of carbonyl (C=O) groups excluding carboxylic acids is 1. The molecular weight excluding hydrogens is 1070 g/mol. The van der Waals surface area contributed by atoms with E-state index in [-0.39, 0.29) is 28.8 Å². The fraction of sp³-hybridized carbons (Fsp3) is 0.946. The first kappa shape index (κ1) is 63.8. The van der Waals surface area contributed by atoms with Crippen LogP contribution in [-0.2, 0) is 71.1 Å². The SMILES string of the molecule is CO[C@@H]1[C@H](O)[C@@H](C)O[C@H](O[C@@H](C)[C@H]2[C@@H](O)C[C@H]3[C@@H]4CC=C5C[C@H](O[C@H]6C[C@H](OC)[C@H](O[C@@H]7O[C@@H](C)[C@H](O)[C@H](OC)[C@@H]7OC(C)=O)[C@H](C)O6)CC[C@]5(C)[C@H]4CC[C@]23C)[C@@H]1O[C@@H]1O[C@@H](CO[C@@H]2O[C@H](CO)[C@@H](O)[C@H](O)[C@H]2O)[C@H](O)[C@@H](O)[C@@H]1O. The van der Waals surface area contributed by atoms with Crippen molar-refractivity contribution in [1.29, 1.82) is 0 Å². The number of hydrogen-bond donors (Lipinski definition) is 10. The molecular formula is C56H92O25. The number of carbonyl (C=O) groups is 1. The summed E-state index contributed by atoms with van der Waals surface area (Å²) < 4.78 is 85.0. The van der Waals surface area contributed by atoms with Crippen molar-refractivity contribution in [2.75, 3.05) is 34.5 Å². The van der Waals surface area contributed by atoms with E-state index in [9.17, 15) is 55.9 Å². The van der Waals surface area contributed by atoms with E-state index in [2.05, 4.69) is 19.9 Å². The maximum atomic E-state index is 12.2. The molecule has 5 saturated heterocycles. The highest BCUT2D eigenvalue weighted by Gasteiger charge is 2.63. The van der Waals surface area contributed by atoms with Gasteiger partial charge >= 0.3 is 5.97 Å². The summed E-state index contributed by atoms with van der Waals surface area (Å²) >= 11 is 0. The zero-order valence-electron chi connectivity index (χ0n) is 48.1. The summed E-state index contributed by atoms with van der Waals surface area (Å²) in [6.45, 7) is 11.7. The van der Waals surface area contributed by atoms with Gasteiger partial charge in [-0.1, -0.05) is 25.5 Å². The Balaban J connectivity index is 0.831. The molecule has 3 saturated carbocycles. The molecule has 0 aromatic rings. The van der Waals surface area contributed by atoms with Crippen LogP contribution < -0.4 is 0 Å². The molecule has 33 atom stereocenters. The minimum atomic E-state index is -1.85. The lowest BCUT2D eigenvalue weighted by Crippen LogP contribution is -2.65. The predicted octanol–water partition coefficient (Wildman–Crippen LogP) is -0.956. The van der Waals surface area contributed by atoms with Gasteiger partial charge in [0, 0.05) is 40.6 Å². The number of hydrogen-bond acceptors (Lipinski definition) is 25. The fourth-order valence-electron chi connectivity index (χ4n) is 15.7. The summed E-state index contributed by atoms with van der Waals surface area (Å²) in [5.41, 5.74) is 0.949. The number of allylic oxidation sites excluding steroid dienone is 1. The van der Waals surface area contributed by atoms with E-state index in [1.807, 2.05) is 13.8 Å². The van der Waals surface area contributed by atoms with E-state index in [4.69, 9.17) is 66.3 Å². The molecule has 10 N–H and O–H groups in total. The first-order chi connectivity index (χ1) is 38.4. The summed E-state index contributed by atoms with van der Waals surface area (Å²) in [7, 11) is 4.40. The highest BCUT2D eigenvalue weighted by molar-refractivity contribution is 5.66. The Bertz CT molecular complexity index is 2110. The minimum absolute atomic E-state index is 0.0830. The Hall–Kier alpha value is -1.71. The molecule has 9 rings (SSSR count). The Morgan fingerprint density at radius 1 is 0.642 bits per heavy atom. The molecule has 5 aliphatic heterocycles. The quantitative estimate of drug-likeness (QED) is 0.0620. The Kier molecular flexibility index (Phi) is 20.4. The second-order valence-electron chi connectivity index (χ2n) is 24.9. The normalized spacial score (nSPS) is 52.5. The van der Waals surface area contributed by atoms with Gasteiger partial charge in [0.05, 0.1) is 55.9 Å². The zero-order chi connectivity index (χ0) is 58.7. The molecule has 0 aromatic heterocycles. The zero-order valence-corrected chi connectivity index (χ0v) is 48.1. The van der Waals surface area contributed by atoms with E-state index in [0.717, 1.165) is 38.5 Å². The average Bonchev–Trinajstić information content (AvgIpc) is 3.95. The lowest BCUT2D eigenvalue weighted by atomic mass is 9.47. The highest BCUT2D eigenvalue weighted by Crippen LogP contribution is 2.67. The third kappa shape index (κ3) is 12.3. The van der Waals surface area contributed by atoms with Gasteiger partial charge < -0.3 is 117 Å². The van der Waals surface area contributed by atoms with Gasteiger partial charge in [0.2, 0.25) is 0 Å². The molecule has 25 nitrogen and oxygen atoms in total. The van der Waals surface area contributed by atoms with E-state index in [1.165, 1.54) is 26.7 Å². The standard InChI is InChI=1S/C56H92O25/c1-22(73-53-50(48(70-10)39(61)23(2)74-53)81-52-45(67)43(65)41(63)35(79-52)21-71-51-44(66)42(64)40(62)34(20-57)78-51)37-32(59)18-31-29-12-11-27-17-28(13-15-55(27,6)30(29)14-16-56(31,37)7)77-36-19-33(68-8)46(25(4)72-36)80-54-49(76-26(5)58)47(69-9)38(60)24(3)75-54/h11,22-25,28-54,57,59-67H,12-21H2,1-10H3/t22-,23+,24-,25-,28+,29+,30-,31-,32-,33-,34+,35-,36-,37-,38-,39+,40+,41-,42-,43+,44+,45-,46+,47-,48+,49-,50+,51+,52-,53-,54-,55-,56-/m0/s1.